The Labute approximate surface area is 165 Å². The largest absolute Gasteiger partial charge is 0.473 e. The average molecular weight is 385 g/mol. The van der Waals surface area contributed by atoms with Gasteiger partial charge in [-0.05, 0) is 62.3 Å². The van der Waals surface area contributed by atoms with Crippen LogP contribution in [0.1, 0.15) is 69.3 Å². The Kier molecular flexibility index (Phi) is 4.80. The maximum absolute atomic E-state index is 6.40. The van der Waals surface area contributed by atoms with Gasteiger partial charge in [0, 0.05) is 5.92 Å². The predicted octanol–water partition coefficient (Wildman–Crippen LogP) is 5.60. The van der Waals surface area contributed by atoms with E-state index in [1.54, 1.807) is 0 Å². The van der Waals surface area contributed by atoms with E-state index in [-0.39, 0.29) is 5.60 Å². The molecule has 5 rings (SSSR count). The Balaban J connectivity index is 1.29. The first-order valence-electron chi connectivity index (χ1n) is 10.5. The molecule has 3 saturated carbocycles. The van der Waals surface area contributed by atoms with Crippen LogP contribution in [0, 0.1) is 11.8 Å². The molecule has 2 aromatic rings. The zero-order chi connectivity index (χ0) is 18.1. The van der Waals surface area contributed by atoms with Crippen molar-refractivity contribution < 1.29 is 9.47 Å². The molecule has 0 radical (unpaired) electrons. The third kappa shape index (κ3) is 3.58. The van der Waals surface area contributed by atoms with Crippen LogP contribution in [0.4, 0.5) is 0 Å². The predicted molar refractivity (Wildman–Crippen MR) is 106 cm³/mol. The molecule has 0 aliphatic heterocycles. The Bertz CT molecular complexity index is 749. The van der Waals surface area contributed by atoms with Gasteiger partial charge >= 0.3 is 0 Å². The van der Waals surface area contributed by atoms with Gasteiger partial charge in [-0.15, -0.1) is 8.75 Å². The molecule has 1 aromatic carbocycles. The summed E-state index contributed by atoms with van der Waals surface area (Å²) in [4.78, 5) is 0. The van der Waals surface area contributed by atoms with E-state index < -0.39 is 0 Å². The average Bonchev–Trinajstić information content (AvgIpc) is 3.49. The second-order valence-electron chi connectivity index (χ2n) is 8.68. The number of benzene rings is 1. The van der Waals surface area contributed by atoms with Crippen LogP contribution in [-0.2, 0) is 0 Å². The van der Waals surface area contributed by atoms with Gasteiger partial charge in [0.15, 0.2) is 0 Å². The van der Waals surface area contributed by atoms with Crippen LogP contribution in [0.2, 0.25) is 0 Å². The summed E-state index contributed by atoms with van der Waals surface area (Å²) in [5, 5.41) is 0. The highest BCUT2D eigenvalue weighted by Gasteiger charge is 2.47. The summed E-state index contributed by atoms with van der Waals surface area (Å²) in [6, 6.07) is 10.8. The second kappa shape index (κ2) is 7.42. The first-order chi connectivity index (χ1) is 13.3. The first-order valence-corrected chi connectivity index (χ1v) is 11.2. The number of aromatic nitrogens is 2. The molecular formula is C22H28N2O2S. The smallest absolute Gasteiger partial charge is 0.291 e. The standard InChI is InChI=1S/C22H28N2O2S/c1-2-6-17(7-3-1)19(18-8-4-5-9-18)15-25-20-21(24-27-23-20)26-22-12-10-16(14-22)11-13-22/h1-3,6-7,16,18-19H,4-5,8-15H2. The van der Waals surface area contributed by atoms with E-state index in [1.807, 2.05) is 0 Å². The highest BCUT2D eigenvalue weighted by Crippen LogP contribution is 2.50. The summed E-state index contributed by atoms with van der Waals surface area (Å²) < 4.78 is 21.5. The number of nitrogens with zero attached hydrogens (tertiary/aromatic N) is 2. The van der Waals surface area contributed by atoms with Gasteiger partial charge in [-0.3, -0.25) is 0 Å². The van der Waals surface area contributed by atoms with Crippen molar-refractivity contribution in [3.05, 3.63) is 35.9 Å². The fourth-order valence-corrected chi connectivity index (χ4v) is 5.98. The topological polar surface area (TPSA) is 44.2 Å². The van der Waals surface area contributed by atoms with Crippen LogP contribution in [-0.4, -0.2) is 21.0 Å². The molecule has 0 spiro atoms. The van der Waals surface area contributed by atoms with E-state index in [0.717, 1.165) is 18.8 Å². The molecule has 1 aromatic heterocycles. The zero-order valence-corrected chi connectivity index (χ0v) is 16.6. The lowest BCUT2D eigenvalue weighted by atomic mass is 9.85. The van der Waals surface area contributed by atoms with E-state index in [0.29, 0.717) is 30.2 Å². The minimum atomic E-state index is 0.00279. The van der Waals surface area contributed by atoms with Crippen molar-refractivity contribution in [2.75, 3.05) is 6.61 Å². The number of rotatable bonds is 7. The van der Waals surface area contributed by atoms with Crippen LogP contribution >= 0.6 is 11.7 Å². The normalized spacial score (nSPS) is 28.5. The van der Waals surface area contributed by atoms with Crippen molar-refractivity contribution in [3.63, 3.8) is 0 Å². The summed E-state index contributed by atoms with van der Waals surface area (Å²) in [5.41, 5.74) is 1.38. The molecule has 4 nitrogen and oxygen atoms in total. The van der Waals surface area contributed by atoms with Crippen molar-refractivity contribution in [3.8, 4) is 11.8 Å². The molecule has 1 heterocycles. The molecule has 1 atom stereocenters. The van der Waals surface area contributed by atoms with Crippen LogP contribution < -0.4 is 9.47 Å². The van der Waals surface area contributed by atoms with Gasteiger partial charge in [-0.1, -0.05) is 43.2 Å². The SMILES string of the molecule is c1ccc(C(COc2nsnc2OC23CCC(CC2)C3)C2CCCC2)cc1. The van der Waals surface area contributed by atoms with E-state index in [2.05, 4.69) is 39.1 Å². The van der Waals surface area contributed by atoms with Gasteiger partial charge in [-0.25, -0.2) is 0 Å². The zero-order valence-electron chi connectivity index (χ0n) is 15.8. The lowest BCUT2D eigenvalue weighted by molar-refractivity contribution is 0.0697. The fourth-order valence-electron chi connectivity index (χ4n) is 5.54. The molecule has 5 heteroatoms. The summed E-state index contributed by atoms with van der Waals surface area (Å²) in [6.07, 6.45) is 11.4. The molecule has 2 bridgehead atoms. The van der Waals surface area contributed by atoms with Crippen LogP contribution in [0.25, 0.3) is 0 Å². The minimum absolute atomic E-state index is 0.00279. The van der Waals surface area contributed by atoms with Gasteiger partial charge < -0.3 is 9.47 Å². The Hall–Kier alpha value is -1.62. The maximum Gasteiger partial charge on any atom is 0.291 e. The molecule has 3 aliphatic rings. The van der Waals surface area contributed by atoms with Gasteiger partial charge in [0.25, 0.3) is 11.8 Å². The van der Waals surface area contributed by atoms with Crippen molar-refractivity contribution in [1.82, 2.24) is 8.75 Å². The monoisotopic (exact) mass is 384 g/mol. The van der Waals surface area contributed by atoms with Gasteiger partial charge in [0.05, 0.1) is 18.3 Å². The highest BCUT2D eigenvalue weighted by atomic mass is 32.1. The highest BCUT2D eigenvalue weighted by molar-refractivity contribution is 6.99. The van der Waals surface area contributed by atoms with E-state index in [9.17, 15) is 0 Å². The molecule has 0 saturated heterocycles. The molecule has 3 aliphatic carbocycles. The third-order valence-corrected chi connectivity index (χ3v) is 7.51. The maximum atomic E-state index is 6.40. The first kappa shape index (κ1) is 17.5. The van der Waals surface area contributed by atoms with E-state index in [1.165, 1.54) is 62.2 Å². The molecule has 1 unspecified atom stereocenters. The van der Waals surface area contributed by atoms with Crippen LogP contribution in [0.3, 0.4) is 0 Å². The second-order valence-corrected chi connectivity index (χ2v) is 9.21. The molecule has 0 amide bonds. The Morgan fingerprint density at radius 1 is 1.00 bits per heavy atom. The summed E-state index contributed by atoms with van der Waals surface area (Å²) in [5.74, 6) is 3.20. The van der Waals surface area contributed by atoms with Gasteiger partial charge in [0.1, 0.15) is 5.60 Å². The van der Waals surface area contributed by atoms with Crippen molar-refractivity contribution in [1.29, 1.82) is 0 Å². The lowest BCUT2D eigenvalue weighted by Gasteiger charge is -2.27. The summed E-state index contributed by atoms with van der Waals surface area (Å²) >= 11 is 1.20. The van der Waals surface area contributed by atoms with Crippen LogP contribution in [0.15, 0.2) is 30.3 Å². The number of ether oxygens (including phenoxy) is 2. The fraction of sp³-hybridized carbons (Fsp3) is 0.636. The van der Waals surface area contributed by atoms with E-state index in [4.69, 9.17) is 9.47 Å². The molecular weight excluding hydrogens is 356 g/mol. The lowest BCUT2D eigenvalue weighted by Crippen LogP contribution is -2.30. The number of hydrogen-bond donors (Lipinski definition) is 0. The van der Waals surface area contributed by atoms with Gasteiger partial charge in [-0.2, -0.15) is 0 Å². The van der Waals surface area contributed by atoms with Gasteiger partial charge in [0.2, 0.25) is 0 Å². The van der Waals surface area contributed by atoms with Crippen molar-refractivity contribution in [2.24, 2.45) is 11.8 Å². The molecule has 144 valence electrons. The summed E-state index contributed by atoms with van der Waals surface area (Å²) in [7, 11) is 0. The molecule has 27 heavy (non-hydrogen) atoms. The van der Waals surface area contributed by atoms with Crippen LogP contribution in [0.5, 0.6) is 11.8 Å². The Morgan fingerprint density at radius 3 is 2.44 bits per heavy atom. The van der Waals surface area contributed by atoms with Crippen molar-refractivity contribution >= 4 is 11.7 Å². The number of fused-ring (bicyclic) bond motifs is 2. The number of hydrogen-bond acceptors (Lipinski definition) is 5. The third-order valence-electron chi connectivity index (χ3n) is 7.02. The summed E-state index contributed by atoms with van der Waals surface area (Å²) in [6.45, 7) is 0.659. The minimum Gasteiger partial charge on any atom is -0.473 e. The van der Waals surface area contributed by atoms with Crippen molar-refractivity contribution in [2.45, 2.75) is 69.3 Å². The van der Waals surface area contributed by atoms with E-state index >= 15 is 0 Å². The molecule has 0 N–H and O–H groups in total. The Morgan fingerprint density at radius 2 is 1.74 bits per heavy atom. The quantitative estimate of drug-likeness (QED) is 0.623. The molecule has 3 fully saturated rings.